The molecule has 2 atom stereocenters. The van der Waals surface area contributed by atoms with Crippen LogP contribution in [0.15, 0.2) is 0 Å². The third-order valence-electron chi connectivity index (χ3n) is 7.98. The summed E-state index contributed by atoms with van der Waals surface area (Å²) in [5.41, 5.74) is 0.260. The lowest BCUT2D eigenvalue weighted by atomic mass is 9.77. The lowest BCUT2D eigenvalue weighted by Crippen LogP contribution is -2.61. The van der Waals surface area contributed by atoms with Crippen LogP contribution in [0, 0.1) is 17.3 Å². The van der Waals surface area contributed by atoms with Crippen molar-refractivity contribution in [2.75, 3.05) is 39.8 Å². The van der Waals surface area contributed by atoms with Crippen LogP contribution in [0.2, 0.25) is 0 Å². The van der Waals surface area contributed by atoms with Crippen molar-refractivity contribution in [3.05, 3.63) is 0 Å². The molecule has 3 aliphatic heterocycles. The molecular formula is C23H39N3O2. The maximum atomic E-state index is 13.2. The monoisotopic (exact) mass is 389 g/mol. The minimum Gasteiger partial charge on any atom is -0.344 e. The number of hydrogen-bond donors (Lipinski definition) is 0. The fourth-order valence-electron chi connectivity index (χ4n) is 6.36. The van der Waals surface area contributed by atoms with E-state index < -0.39 is 0 Å². The van der Waals surface area contributed by atoms with E-state index in [1.807, 2.05) is 11.9 Å². The van der Waals surface area contributed by atoms with Crippen molar-refractivity contribution in [2.45, 2.75) is 77.2 Å². The first-order valence-electron chi connectivity index (χ1n) is 11.8. The molecule has 0 radical (unpaired) electrons. The molecule has 0 aromatic rings. The molecule has 5 heteroatoms. The van der Waals surface area contributed by atoms with Gasteiger partial charge in [-0.3, -0.25) is 14.5 Å². The number of carbonyl (C=O) groups excluding carboxylic acids is 2. The van der Waals surface area contributed by atoms with Gasteiger partial charge in [-0.2, -0.15) is 0 Å². The molecule has 1 spiro atoms. The molecule has 3 heterocycles. The first-order chi connectivity index (χ1) is 13.5. The molecule has 4 fully saturated rings. The van der Waals surface area contributed by atoms with Crippen LogP contribution in [-0.4, -0.2) is 72.3 Å². The minimum absolute atomic E-state index is 0.0816. The average molecular weight is 390 g/mol. The number of piperidine rings is 1. The van der Waals surface area contributed by atoms with E-state index in [0.717, 1.165) is 77.2 Å². The highest BCUT2D eigenvalue weighted by atomic mass is 16.2. The number of amides is 2. The Bertz CT molecular complexity index is 580. The van der Waals surface area contributed by atoms with E-state index >= 15 is 0 Å². The van der Waals surface area contributed by atoms with Gasteiger partial charge in [-0.05, 0) is 44.6 Å². The van der Waals surface area contributed by atoms with Gasteiger partial charge < -0.3 is 9.80 Å². The quantitative estimate of drug-likeness (QED) is 0.701. The Hall–Kier alpha value is -1.10. The normalized spacial score (nSPS) is 29.5. The van der Waals surface area contributed by atoms with Gasteiger partial charge in [-0.1, -0.05) is 39.0 Å². The molecule has 1 saturated carbocycles. The molecule has 2 unspecified atom stereocenters. The van der Waals surface area contributed by atoms with Crippen molar-refractivity contribution in [1.29, 1.82) is 0 Å². The summed E-state index contributed by atoms with van der Waals surface area (Å²) in [6, 6.07) is 0.0816. The number of hydrogen-bond acceptors (Lipinski definition) is 3. The topological polar surface area (TPSA) is 43.9 Å². The highest BCUT2D eigenvalue weighted by molar-refractivity contribution is 5.82. The summed E-state index contributed by atoms with van der Waals surface area (Å²) in [6.07, 6.45) is 11.9. The van der Waals surface area contributed by atoms with Gasteiger partial charge in [0, 0.05) is 44.6 Å². The molecule has 5 nitrogen and oxygen atoms in total. The predicted molar refractivity (Wildman–Crippen MR) is 111 cm³/mol. The standard InChI is InChI=1S/C23H39N3O2/c1-3-7-19(14-18-8-4-5-9-18)21(27)26-16-23(17-26)11-13-25(15-23)20-10-6-12-24(2)22(20)28/h18-20H,3-17H2,1-2H3. The van der Waals surface area contributed by atoms with Crippen LogP contribution in [0.3, 0.4) is 0 Å². The molecular weight excluding hydrogens is 350 g/mol. The number of rotatable bonds is 6. The molecule has 0 aromatic heterocycles. The van der Waals surface area contributed by atoms with Crippen LogP contribution < -0.4 is 0 Å². The van der Waals surface area contributed by atoms with Crippen LogP contribution in [0.1, 0.15) is 71.1 Å². The fraction of sp³-hybridized carbons (Fsp3) is 0.913. The molecule has 0 N–H and O–H groups in total. The first kappa shape index (κ1) is 20.2. The van der Waals surface area contributed by atoms with Gasteiger partial charge in [0.25, 0.3) is 0 Å². The van der Waals surface area contributed by atoms with Gasteiger partial charge in [0.05, 0.1) is 6.04 Å². The summed E-state index contributed by atoms with van der Waals surface area (Å²) in [6.45, 7) is 6.97. The van der Waals surface area contributed by atoms with Crippen molar-refractivity contribution < 1.29 is 9.59 Å². The van der Waals surface area contributed by atoms with Crippen molar-refractivity contribution in [3.8, 4) is 0 Å². The summed E-state index contributed by atoms with van der Waals surface area (Å²) in [5, 5.41) is 0. The summed E-state index contributed by atoms with van der Waals surface area (Å²) < 4.78 is 0. The Kier molecular flexibility index (Phi) is 6.01. The van der Waals surface area contributed by atoms with Gasteiger partial charge in [0.15, 0.2) is 0 Å². The average Bonchev–Trinajstić information content (AvgIpc) is 3.32. The largest absolute Gasteiger partial charge is 0.344 e. The molecule has 158 valence electrons. The number of nitrogens with zero attached hydrogens (tertiary/aromatic N) is 3. The van der Waals surface area contributed by atoms with E-state index in [2.05, 4.69) is 16.7 Å². The summed E-state index contributed by atoms with van der Waals surface area (Å²) in [4.78, 5) is 32.2. The van der Waals surface area contributed by atoms with Crippen molar-refractivity contribution in [1.82, 2.24) is 14.7 Å². The second-order valence-electron chi connectivity index (χ2n) is 10.2. The van der Waals surface area contributed by atoms with Crippen molar-refractivity contribution in [2.24, 2.45) is 17.3 Å². The van der Waals surface area contributed by atoms with Crippen molar-refractivity contribution >= 4 is 11.8 Å². The zero-order valence-corrected chi connectivity index (χ0v) is 18.0. The lowest BCUT2D eigenvalue weighted by Gasteiger charge is -2.49. The highest BCUT2D eigenvalue weighted by Gasteiger charge is 2.52. The third kappa shape index (κ3) is 3.96. The molecule has 2 amide bonds. The van der Waals surface area contributed by atoms with Gasteiger partial charge >= 0.3 is 0 Å². The Morgan fingerprint density at radius 3 is 2.57 bits per heavy atom. The second-order valence-corrected chi connectivity index (χ2v) is 10.2. The number of likely N-dealkylation sites (N-methyl/N-ethyl adjacent to an activating group) is 1. The first-order valence-corrected chi connectivity index (χ1v) is 11.8. The SMILES string of the molecule is CCCC(CC1CCCC1)C(=O)N1CC2(CCN(C3CCCN(C)C3=O)C2)C1. The van der Waals surface area contributed by atoms with Crippen LogP contribution in [0.4, 0.5) is 0 Å². The van der Waals surface area contributed by atoms with E-state index in [9.17, 15) is 9.59 Å². The molecule has 28 heavy (non-hydrogen) atoms. The van der Waals surface area contributed by atoms with Gasteiger partial charge in [-0.15, -0.1) is 0 Å². The van der Waals surface area contributed by atoms with Crippen molar-refractivity contribution in [3.63, 3.8) is 0 Å². The Morgan fingerprint density at radius 1 is 1.11 bits per heavy atom. The number of likely N-dealkylation sites (tertiary alicyclic amines) is 3. The predicted octanol–water partition coefficient (Wildman–Crippen LogP) is 3.14. The van der Waals surface area contributed by atoms with Gasteiger partial charge in [0.2, 0.25) is 11.8 Å². The van der Waals surface area contributed by atoms with E-state index in [-0.39, 0.29) is 17.4 Å². The smallest absolute Gasteiger partial charge is 0.239 e. The highest BCUT2D eigenvalue weighted by Crippen LogP contribution is 2.42. The van der Waals surface area contributed by atoms with E-state index in [0.29, 0.717) is 11.8 Å². The molecule has 0 bridgehead atoms. The zero-order valence-electron chi connectivity index (χ0n) is 18.0. The molecule has 1 aliphatic carbocycles. The van der Waals surface area contributed by atoms with E-state index in [4.69, 9.17) is 0 Å². The molecule has 3 saturated heterocycles. The Morgan fingerprint density at radius 2 is 1.86 bits per heavy atom. The Labute approximate surface area is 170 Å². The van der Waals surface area contributed by atoms with Crippen LogP contribution in [0.25, 0.3) is 0 Å². The Balaban J connectivity index is 1.30. The van der Waals surface area contributed by atoms with Gasteiger partial charge in [-0.25, -0.2) is 0 Å². The second kappa shape index (κ2) is 8.33. The summed E-state index contributed by atoms with van der Waals surface area (Å²) >= 11 is 0. The lowest BCUT2D eigenvalue weighted by molar-refractivity contribution is -0.149. The molecule has 4 aliphatic rings. The third-order valence-corrected chi connectivity index (χ3v) is 7.98. The number of carbonyl (C=O) groups is 2. The van der Waals surface area contributed by atoms with Crippen LogP contribution in [0.5, 0.6) is 0 Å². The van der Waals surface area contributed by atoms with E-state index in [1.165, 1.54) is 25.7 Å². The maximum Gasteiger partial charge on any atom is 0.239 e. The van der Waals surface area contributed by atoms with Crippen LogP contribution >= 0.6 is 0 Å². The fourth-order valence-corrected chi connectivity index (χ4v) is 6.36. The van der Waals surface area contributed by atoms with E-state index in [1.54, 1.807) is 0 Å². The van der Waals surface area contributed by atoms with Crippen LogP contribution in [-0.2, 0) is 9.59 Å². The van der Waals surface area contributed by atoms with Gasteiger partial charge in [0.1, 0.15) is 0 Å². The summed E-state index contributed by atoms with van der Waals surface area (Å²) in [7, 11) is 1.93. The molecule has 0 aromatic carbocycles. The summed E-state index contributed by atoms with van der Waals surface area (Å²) in [5.74, 6) is 1.75. The minimum atomic E-state index is 0.0816. The molecule has 4 rings (SSSR count). The maximum absolute atomic E-state index is 13.2. The zero-order chi connectivity index (χ0) is 19.7.